The maximum Gasteiger partial charge on any atom is 0.409 e. The second-order valence-corrected chi connectivity index (χ2v) is 4.57. The molecule has 1 aromatic rings. The fourth-order valence-corrected chi connectivity index (χ4v) is 1.51. The van der Waals surface area contributed by atoms with Crippen molar-refractivity contribution < 1.29 is 11.0 Å². The largest absolute Gasteiger partial charge is 0.445 e. The summed E-state index contributed by atoms with van der Waals surface area (Å²) in [4.78, 5) is 13.0. The summed E-state index contributed by atoms with van der Waals surface area (Å²) in [6, 6.07) is 9.67. The average molecular weight is 282 g/mol. The molecule has 0 atom stereocenters. The minimum atomic E-state index is -0.263. The predicted molar refractivity (Wildman–Crippen MR) is 85.9 cm³/mol. The molecule has 0 radical (unpaired) electrons. The van der Waals surface area contributed by atoms with Crippen LogP contribution in [0.2, 0.25) is 0 Å². The summed E-state index contributed by atoms with van der Waals surface area (Å²) in [5.41, 5.74) is 1.01. The van der Waals surface area contributed by atoms with Gasteiger partial charge in [0.15, 0.2) is 0 Å². The van der Waals surface area contributed by atoms with Crippen LogP contribution in [-0.2, 0) is 11.3 Å². The standard InChI is InChI=1S/C12H17NO2.C4H11N.H2/c1-3-9-13(2)12(14)15-10-11-7-5-4-6-8-11;1-3-4-5-2;/h4-8H,3,9-10H2,1-2H3;5H,3-4H2,1-2H3;1H. The zero-order valence-corrected chi connectivity index (χ0v) is 13.2. The van der Waals surface area contributed by atoms with Crippen molar-refractivity contribution in [1.29, 1.82) is 0 Å². The summed E-state index contributed by atoms with van der Waals surface area (Å²) < 4.78 is 5.13. The van der Waals surface area contributed by atoms with Gasteiger partial charge in [-0.3, -0.25) is 0 Å². The van der Waals surface area contributed by atoms with E-state index in [-0.39, 0.29) is 7.52 Å². The van der Waals surface area contributed by atoms with Crippen LogP contribution in [0.25, 0.3) is 0 Å². The lowest BCUT2D eigenvalue weighted by Crippen LogP contribution is -2.27. The second kappa shape index (κ2) is 12.5. The van der Waals surface area contributed by atoms with Gasteiger partial charge in [-0.15, -0.1) is 0 Å². The van der Waals surface area contributed by atoms with Gasteiger partial charge in [0.1, 0.15) is 6.61 Å². The van der Waals surface area contributed by atoms with Crippen LogP contribution in [-0.4, -0.2) is 38.2 Å². The summed E-state index contributed by atoms with van der Waals surface area (Å²) in [5.74, 6) is 0. The summed E-state index contributed by atoms with van der Waals surface area (Å²) in [7, 11) is 3.71. The Kier molecular flexibility index (Phi) is 11.5. The number of nitrogens with one attached hydrogen (secondary N) is 1. The molecule has 0 fully saturated rings. The Morgan fingerprint density at radius 1 is 1.25 bits per heavy atom. The van der Waals surface area contributed by atoms with Crippen LogP contribution in [0.1, 0.15) is 33.7 Å². The van der Waals surface area contributed by atoms with E-state index in [0.29, 0.717) is 6.61 Å². The van der Waals surface area contributed by atoms with Crippen LogP contribution in [0, 0.1) is 0 Å². The molecule has 0 saturated heterocycles. The van der Waals surface area contributed by atoms with Crippen molar-refractivity contribution in [1.82, 2.24) is 10.2 Å². The number of hydrogen-bond donors (Lipinski definition) is 1. The zero-order valence-electron chi connectivity index (χ0n) is 13.2. The van der Waals surface area contributed by atoms with Gasteiger partial charge in [0.05, 0.1) is 0 Å². The first-order valence-electron chi connectivity index (χ1n) is 7.22. The number of carbonyl (C=O) groups excluding carboxylic acids is 1. The van der Waals surface area contributed by atoms with E-state index in [1.54, 1.807) is 11.9 Å². The molecule has 1 rings (SSSR count). The molecule has 0 bridgehead atoms. The normalized spacial score (nSPS) is 9.40. The van der Waals surface area contributed by atoms with Gasteiger partial charge in [-0.25, -0.2) is 4.79 Å². The van der Waals surface area contributed by atoms with Crippen LogP contribution in [0.15, 0.2) is 30.3 Å². The van der Waals surface area contributed by atoms with E-state index < -0.39 is 0 Å². The molecular weight excluding hydrogens is 252 g/mol. The van der Waals surface area contributed by atoms with Gasteiger partial charge in [0, 0.05) is 15.0 Å². The number of benzene rings is 1. The SMILES string of the molecule is CCCN(C)C(=O)OCc1ccccc1.CCCNC.[HH]. The van der Waals surface area contributed by atoms with Crippen molar-refractivity contribution in [2.45, 2.75) is 33.3 Å². The first-order chi connectivity index (χ1) is 9.65. The van der Waals surface area contributed by atoms with Crippen LogP contribution in [0.4, 0.5) is 4.79 Å². The molecular formula is C16H30N2O2. The molecule has 0 heterocycles. The molecule has 4 nitrogen and oxygen atoms in total. The smallest absolute Gasteiger partial charge is 0.409 e. The van der Waals surface area contributed by atoms with Crippen LogP contribution in [0.5, 0.6) is 0 Å². The van der Waals surface area contributed by atoms with Gasteiger partial charge in [-0.2, -0.15) is 0 Å². The van der Waals surface area contributed by atoms with Crippen LogP contribution < -0.4 is 5.32 Å². The van der Waals surface area contributed by atoms with E-state index in [9.17, 15) is 4.79 Å². The molecule has 1 aromatic carbocycles. The number of nitrogens with zero attached hydrogens (tertiary/aromatic N) is 1. The molecule has 4 heteroatoms. The van der Waals surface area contributed by atoms with Gasteiger partial charge >= 0.3 is 6.09 Å². The molecule has 0 unspecified atom stereocenters. The molecule has 1 amide bonds. The van der Waals surface area contributed by atoms with Gasteiger partial charge in [-0.05, 0) is 32.0 Å². The van der Waals surface area contributed by atoms with Crippen molar-refractivity contribution in [2.75, 3.05) is 27.2 Å². The minimum Gasteiger partial charge on any atom is -0.445 e. The monoisotopic (exact) mass is 282 g/mol. The first kappa shape index (κ1) is 18.4. The van der Waals surface area contributed by atoms with Crippen molar-refractivity contribution in [2.24, 2.45) is 0 Å². The van der Waals surface area contributed by atoms with Crippen molar-refractivity contribution in [3.05, 3.63) is 35.9 Å². The Hall–Kier alpha value is -1.55. The van der Waals surface area contributed by atoms with E-state index in [1.807, 2.05) is 44.3 Å². The summed E-state index contributed by atoms with van der Waals surface area (Å²) in [6.07, 6.45) is 1.91. The maximum atomic E-state index is 11.4. The Morgan fingerprint density at radius 3 is 2.35 bits per heavy atom. The lowest BCUT2D eigenvalue weighted by Gasteiger charge is -2.15. The molecule has 0 aliphatic carbocycles. The molecule has 0 saturated carbocycles. The zero-order chi connectivity index (χ0) is 15.2. The predicted octanol–water partition coefficient (Wildman–Crippen LogP) is 3.53. The Morgan fingerprint density at radius 2 is 1.90 bits per heavy atom. The number of rotatable bonds is 6. The van der Waals surface area contributed by atoms with Crippen molar-refractivity contribution >= 4 is 6.09 Å². The summed E-state index contributed by atoms with van der Waals surface area (Å²) in [6.45, 7) is 6.39. The van der Waals surface area contributed by atoms with Crippen LogP contribution >= 0.6 is 0 Å². The third kappa shape index (κ3) is 9.39. The summed E-state index contributed by atoms with van der Waals surface area (Å²) in [5, 5.41) is 3.02. The lowest BCUT2D eigenvalue weighted by atomic mass is 10.2. The molecule has 0 aliphatic heterocycles. The summed E-state index contributed by atoms with van der Waals surface area (Å²) >= 11 is 0. The maximum absolute atomic E-state index is 11.4. The molecule has 116 valence electrons. The number of hydrogen-bond acceptors (Lipinski definition) is 3. The quantitative estimate of drug-likeness (QED) is 0.868. The minimum absolute atomic E-state index is 0. The molecule has 0 aliphatic rings. The number of carbonyl (C=O) groups is 1. The van der Waals surface area contributed by atoms with E-state index in [1.165, 1.54) is 6.42 Å². The highest BCUT2D eigenvalue weighted by Gasteiger charge is 2.07. The number of amides is 1. The van der Waals surface area contributed by atoms with Gasteiger partial charge in [0.2, 0.25) is 0 Å². The van der Waals surface area contributed by atoms with Crippen molar-refractivity contribution in [3.63, 3.8) is 0 Å². The highest BCUT2D eigenvalue weighted by atomic mass is 16.6. The Balaban J connectivity index is 0. The molecule has 1 N–H and O–H groups in total. The van der Waals surface area contributed by atoms with Crippen molar-refractivity contribution in [3.8, 4) is 0 Å². The molecule has 20 heavy (non-hydrogen) atoms. The third-order valence-electron chi connectivity index (χ3n) is 2.58. The highest BCUT2D eigenvalue weighted by Crippen LogP contribution is 2.02. The van der Waals surface area contributed by atoms with Gasteiger partial charge < -0.3 is 15.0 Å². The fourth-order valence-electron chi connectivity index (χ4n) is 1.51. The third-order valence-corrected chi connectivity index (χ3v) is 2.58. The Labute approximate surface area is 124 Å². The lowest BCUT2D eigenvalue weighted by molar-refractivity contribution is 0.105. The van der Waals surface area contributed by atoms with E-state index in [2.05, 4.69) is 12.2 Å². The fraction of sp³-hybridized carbons (Fsp3) is 0.562. The highest BCUT2D eigenvalue weighted by molar-refractivity contribution is 5.67. The van der Waals surface area contributed by atoms with Crippen LogP contribution in [0.3, 0.4) is 0 Å². The topological polar surface area (TPSA) is 41.6 Å². The molecule has 0 spiro atoms. The molecule has 0 aromatic heterocycles. The second-order valence-electron chi connectivity index (χ2n) is 4.57. The first-order valence-corrected chi connectivity index (χ1v) is 7.22. The Bertz CT molecular complexity index is 345. The van der Waals surface area contributed by atoms with Gasteiger partial charge in [0.25, 0.3) is 0 Å². The average Bonchev–Trinajstić information content (AvgIpc) is 2.47. The van der Waals surface area contributed by atoms with Gasteiger partial charge in [-0.1, -0.05) is 44.2 Å². The van der Waals surface area contributed by atoms with E-state index >= 15 is 0 Å². The van der Waals surface area contributed by atoms with E-state index in [4.69, 9.17) is 4.74 Å². The number of ether oxygens (including phenoxy) is 1. The van der Waals surface area contributed by atoms with E-state index in [0.717, 1.165) is 25.1 Å².